The van der Waals surface area contributed by atoms with Gasteiger partial charge in [0.25, 0.3) is 0 Å². The molecule has 2 aromatic rings. The molecule has 0 aromatic carbocycles. The SMILES string of the molecule is CC(C)Oc1ccc(-c2cccs2)nc1. The van der Waals surface area contributed by atoms with Crippen LogP contribution in [0.2, 0.25) is 0 Å². The molecule has 78 valence electrons. The molecule has 0 amide bonds. The first-order valence-electron chi connectivity index (χ1n) is 4.92. The van der Waals surface area contributed by atoms with Crippen molar-refractivity contribution < 1.29 is 4.74 Å². The van der Waals surface area contributed by atoms with Crippen LogP contribution < -0.4 is 4.74 Å². The van der Waals surface area contributed by atoms with E-state index in [2.05, 4.69) is 16.4 Å². The highest BCUT2D eigenvalue weighted by atomic mass is 32.1. The zero-order valence-corrected chi connectivity index (χ0v) is 9.62. The molecule has 0 atom stereocenters. The van der Waals surface area contributed by atoms with Crippen LogP contribution in [0.4, 0.5) is 0 Å². The molecule has 3 heteroatoms. The third-order valence-electron chi connectivity index (χ3n) is 1.88. The van der Waals surface area contributed by atoms with Crippen molar-refractivity contribution in [3.05, 3.63) is 35.8 Å². The summed E-state index contributed by atoms with van der Waals surface area (Å²) in [6, 6.07) is 8.04. The molecule has 0 aliphatic rings. The van der Waals surface area contributed by atoms with Gasteiger partial charge in [-0.1, -0.05) is 6.07 Å². The van der Waals surface area contributed by atoms with E-state index < -0.39 is 0 Å². The van der Waals surface area contributed by atoms with Crippen molar-refractivity contribution >= 4 is 11.3 Å². The number of rotatable bonds is 3. The molecule has 0 aliphatic heterocycles. The number of pyridine rings is 1. The average molecular weight is 219 g/mol. The van der Waals surface area contributed by atoms with Crippen LogP contribution in [0, 0.1) is 0 Å². The van der Waals surface area contributed by atoms with Crippen molar-refractivity contribution in [1.82, 2.24) is 4.98 Å². The van der Waals surface area contributed by atoms with E-state index in [0.717, 1.165) is 11.4 Å². The van der Waals surface area contributed by atoms with Crippen molar-refractivity contribution in [3.63, 3.8) is 0 Å². The van der Waals surface area contributed by atoms with Gasteiger partial charge in [0.2, 0.25) is 0 Å². The van der Waals surface area contributed by atoms with Gasteiger partial charge >= 0.3 is 0 Å². The van der Waals surface area contributed by atoms with Crippen molar-refractivity contribution in [3.8, 4) is 16.3 Å². The van der Waals surface area contributed by atoms with E-state index in [9.17, 15) is 0 Å². The lowest BCUT2D eigenvalue weighted by molar-refractivity contribution is 0.241. The Morgan fingerprint density at radius 2 is 2.13 bits per heavy atom. The standard InChI is InChI=1S/C12H13NOS/c1-9(2)14-10-5-6-11(13-8-10)12-4-3-7-15-12/h3-9H,1-2H3. The van der Waals surface area contributed by atoms with Crippen LogP contribution in [-0.4, -0.2) is 11.1 Å². The average Bonchev–Trinajstić information content (AvgIpc) is 2.71. The summed E-state index contributed by atoms with van der Waals surface area (Å²) in [5.41, 5.74) is 1.00. The molecular formula is C12H13NOS. The Morgan fingerprint density at radius 1 is 1.27 bits per heavy atom. The number of hydrogen-bond donors (Lipinski definition) is 0. The van der Waals surface area contributed by atoms with Gasteiger partial charge in [-0.3, -0.25) is 4.98 Å². The monoisotopic (exact) mass is 219 g/mol. The first-order valence-corrected chi connectivity index (χ1v) is 5.80. The van der Waals surface area contributed by atoms with E-state index in [1.165, 1.54) is 4.88 Å². The van der Waals surface area contributed by atoms with Crippen LogP contribution in [0.25, 0.3) is 10.6 Å². The third kappa shape index (κ3) is 2.57. The molecule has 15 heavy (non-hydrogen) atoms. The van der Waals surface area contributed by atoms with E-state index >= 15 is 0 Å². The zero-order valence-electron chi connectivity index (χ0n) is 8.81. The Bertz CT molecular complexity index is 406. The van der Waals surface area contributed by atoms with Crippen LogP contribution in [0.5, 0.6) is 5.75 Å². The first-order chi connectivity index (χ1) is 7.25. The summed E-state index contributed by atoms with van der Waals surface area (Å²) in [7, 11) is 0. The Labute approximate surface area is 93.6 Å². The second kappa shape index (κ2) is 4.45. The minimum atomic E-state index is 0.194. The normalized spacial score (nSPS) is 10.6. The number of thiophene rings is 1. The van der Waals surface area contributed by atoms with E-state index in [-0.39, 0.29) is 6.10 Å². The lowest BCUT2D eigenvalue weighted by atomic mass is 10.3. The van der Waals surface area contributed by atoms with E-state index in [0.29, 0.717) is 0 Å². The lowest BCUT2D eigenvalue weighted by Crippen LogP contribution is -2.05. The molecule has 0 N–H and O–H groups in total. The third-order valence-corrected chi connectivity index (χ3v) is 2.77. The molecule has 0 saturated carbocycles. The van der Waals surface area contributed by atoms with Gasteiger partial charge in [-0.05, 0) is 37.4 Å². The Kier molecular flexibility index (Phi) is 3.02. The van der Waals surface area contributed by atoms with Crippen molar-refractivity contribution in [2.24, 2.45) is 0 Å². The molecule has 2 rings (SSSR count). The molecular weight excluding hydrogens is 206 g/mol. The summed E-state index contributed by atoms with van der Waals surface area (Å²) >= 11 is 1.69. The highest BCUT2D eigenvalue weighted by Gasteiger charge is 2.01. The van der Waals surface area contributed by atoms with Gasteiger partial charge in [-0.25, -0.2) is 0 Å². The van der Waals surface area contributed by atoms with E-state index in [1.807, 2.05) is 32.0 Å². The minimum Gasteiger partial charge on any atom is -0.489 e. The van der Waals surface area contributed by atoms with Crippen molar-refractivity contribution in [1.29, 1.82) is 0 Å². The van der Waals surface area contributed by atoms with Crippen LogP contribution in [0.1, 0.15) is 13.8 Å². The zero-order chi connectivity index (χ0) is 10.7. The number of ether oxygens (including phenoxy) is 1. The number of aromatic nitrogens is 1. The predicted octanol–water partition coefficient (Wildman–Crippen LogP) is 3.60. The summed E-state index contributed by atoms with van der Waals surface area (Å²) in [5, 5.41) is 2.05. The summed E-state index contributed by atoms with van der Waals surface area (Å²) in [5.74, 6) is 0.824. The van der Waals surface area contributed by atoms with Crippen LogP contribution in [0.3, 0.4) is 0 Å². The maximum Gasteiger partial charge on any atom is 0.138 e. The maximum atomic E-state index is 5.53. The summed E-state index contributed by atoms with van der Waals surface area (Å²) in [6.45, 7) is 4.01. The molecule has 2 aromatic heterocycles. The van der Waals surface area contributed by atoms with Crippen LogP contribution in [-0.2, 0) is 0 Å². The second-order valence-electron chi connectivity index (χ2n) is 3.52. The fourth-order valence-corrected chi connectivity index (χ4v) is 1.99. The van der Waals surface area contributed by atoms with Crippen LogP contribution in [0.15, 0.2) is 35.8 Å². The summed E-state index contributed by atoms with van der Waals surface area (Å²) in [4.78, 5) is 5.55. The Hall–Kier alpha value is -1.35. The molecule has 0 bridgehead atoms. The quantitative estimate of drug-likeness (QED) is 0.787. The topological polar surface area (TPSA) is 22.1 Å². The molecule has 0 radical (unpaired) electrons. The van der Waals surface area contributed by atoms with Gasteiger partial charge in [0.15, 0.2) is 0 Å². The molecule has 0 fully saturated rings. The van der Waals surface area contributed by atoms with Gasteiger partial charge in [-0.2, -0.15) is 0 Å². The first kappa shape index (κ1) is 10.2. The Morgan fingerprint density at radius 3 is 2.67 bits per heavy atom. The van der Waals surface area contributed by atoms with Gasteiger partial charge in [0.1, 0.15) is 5.75 Å². The lowest BCUT2D eigenvalue weighted by Gasteiger charge is -2.08. The van der Waals surface area contributed by atoms with Crippen molar-refractivity contribution in [2.75, 3.05) is 0 Å². The second-order valence-corrected chi connectivity index (χ2v) is 4.47. The van der Waals surface area contributed by atoms with Crippen molar-refractivity contribution in [2.45, 2.75) is 20.0 Å². The summed E-state index contributed by atoms with van der Waals surface area (Å²) in [6.07, 6.45) is 1.97. The molecule has 2 heterocycles. The molecule has 2 nitrogen and oxygen atoms in total. The molecule has 0 spiro atoms. The number of nitrogens with zero attached hydrogens (tertiary/aromatic N) is 1. The van der Waals surface area contributed by atoms with Crippen LogP contribution >= 0.6 is 11.3 Å². The fraction of sp³-hybridized carbons (Fsp3) is 0.250. The maximum absolute atomic E-state index is 5.53. The Balaban J connectivity index is 2.17. The fourth-order valence-electron chi connectivity index (χ4n) is 1.29. The van der Waals surface area contributed by atoms with Gasteiger partial charge < -0.3 is 4.74 Å². The molecule has 0 aliphatic carbocycles. The largest absolute Gasteiger partial charge is 0.489 e. The minimum absolute atomic E-state index is 0.194. The van der Waals surface area contributed by atoms with E-state index in [1.54, 1.807) is 17.5 Å². The predicted molar refractivity (Wildman–Crippen MR) is 63.3 cm³/mol. The van der Waals surface area contributed by atoms with Gasteiger partial charge in [-0.15, -0.1) is 11.3 Å². The number of hydrogen-bond acceptors (Lipinski definition) is 3. The van der Waals surface area contributed by atoms with Gasteiger partial charge in [0, 0.05) is 0 Å². The molecule has 0 unspecified atom stereocenters. The van der Waals surface area contributed by atoms with E-state index in [4.69, 9.17) is 4.74 Å². The highest BCUT2D eigenvalue weighted by molar-refractivity contribution is 7.13. The van der Waals surface area contributed by atoms with Gasteiger partial charge in [0.05, 0.1) is 22.9 Å². The molecule has 0 saturated heterocycles. The smallest absolute Gasteiger partial charge is 0.138 e. The summed E-state index contributed by atoms with van der Waals surface area (Å²) < 4.78 is 5.53. The highest BCUT2D eigenvalue weighted by Crippen LogP contribution is 2.24.